The van der Waals surface area contributed by atoms with Crippen LogP contribution in [0.25, 0.3) is 0 Å². The van der Waals surface area contributed by atoms with E-state index < -0.39 is 0 Å². The lowest BCUT2D eigenvalue weighted by Crippen LogP contribution is -2.17. The number of nitrogens with one attached hydrogen (secondary N) is 1. The number of hydrogen-bond donors (Lipinski definition) is 2. The summed E-state index contributed by atoms with van der Waals surface area (Å²) >= 11 is 1.82. The lowest BCUT2D eigenvalue weighted by molar-refractivity contribution is 0.404. The van der Waals surface area contributed by atoms with Crippen LogP contribution in [-0.2, 0) is 6.54 Å². The Balaban J connectivity index is 2.02. The van der Waals surface area contributed by atoms with Crippen LogP contribution in [0.1, 0.15) is 33.8 Å². The van der Waals surface area contributed by atoms with Crippen molar-refractivity contribution in [3.63, 3.8) is 0 Å². The van der Waals surface area contributed by atoms with Gasteiger partial charge >= 0.3 is 0 Å². The van der Waals surface area contributed by atoms with Crippen molar-refractivity contribution in [2.24, 2.45) is 0 Å². The van der Waals surface area contributed by atoms with E-state index in [-0.39, 0.29) is 11.8 Å². The molecule has 1 heterocycles. The van der Waals surface area contributed by atoms with Gasteiger partial charge in [-0.25, -0.2) is 0 Å². The summed E-state index contributed by atoms with van der Waals surface area (Å²) in [5.41, 5.74) is 2.22. The smallest absolute Gasteiger partial charge is 0.124 e. The lowest BCUT2D eigenvalue weighted by Gasteiger charge is -2.15. The van der Waals surface area contributed by atoms with E-state index in [1.165, 1.54) is 15.3 Å². The second kappa shape index (κ2) is 6.29. The Bertz CT molecular complexity index is 573. The zero-order valence-corrected chi connectivity index (χ0v) is 13.2. The maximum absolute atomic E-state index is 10.0. The van der Waals surface area contributed by atoms with Crippen LogP contribution >= 0.6 is 11.3 Å². The number of thiophene rings is 1. The topological polar surface area (TPSA) is 41.5 Å². The van der Waals surface area contributed by atoms with Gasteiger partial charge < -0.3 is 15.2 Å². The van der Waals surface area contributed by atoms with E-state index in [0.717, 1.165) is 12.1 Å². The molecule has 1 atom stereocenters. The van der Waals surface area contributed by atoms with E-state index in [2.05, 4.69) is 32.2 Å². The van der Waals surface area contributed by atoms with Gasteiger partial charge in [-0.05, 0) is 38.5 Å². The molecule has 2 aromatic rings. The Morgan fingerprint density at radius 3 is 2.60 bits per heavy atom. The number of methoxy groups -OCH3 is 1. The molecule has 1 aromatic carbocycles. The van der Waals surface area contributed by atoms with E-state index in [0.29, 0.717) is 5.75 Å². The normalized spacial score (nSPS) is 12.4. The molecule has 0 radical (unpaired) electrons. The Morgan fingerprint density at radius 1 is 1.30 bits per heavy atom. The van der Waals surface area contributed by atoms with Gasteiger partial charge in [0.1, 0.15) is 11.5 Å². The fourth-order valence-corrected chi connectivity index (χ4v) is 3.12. The van der Waals surface area contributed by atoms with Crippen LogP contribution < -0.4 is 10.1 Å². The van der Waals surface area contributed by atoms with Crippen molar-refractivity contribution in [3.05, 3.63) is 45.1 Å². The third kappa shape index (κ3) is 3.32. The molecular formula is C16H21NO2S. The molecule has 20 heavy (non-hydrogen) atoms. The molecule has 0 saturated carbocycles. The SMILES string of the molecule is COc1ccc(C(C)NCc2cc(C)c(C)s2)c(O)c1. The number of aromatic hydroxyl groups is 1. The lowest BCUT2D eigenvalue weighted by atomic mass is 10.1. The zero-order valence-electron chi connectivity index (χ0n) is 12.4. The van der Waals surface area contributed by atoms with E-state index in [1.807, 2.05) is 23.5 Å². The van der Waals surface area contributed by atoms with E-state index in [1.54, 1.807) is 13.2 Å². The first-order valence-electron chi connectivity index (χ1n) is 6.67. The summed E-state index contributed by atoms with van der Waals surface area (Å²) in [4.78, 5) is 2.68. The van der Waals surface area contributed by atoms with Crippen LogP contribution in [0, 0.1) is 13.8 Å². The van der Waals surface area contributed by atoms with Crippen LogP contribution in [0.5, 0.6) is 11.5 Å². The first-order valence-corrected chi connectivity index (χ1v) is 7.49. The summed E-state index contributed by atoms with van der Waals surface area (Å²) in [5, 5.41) is 13.5. The predicted molar refractivity (Wildman–Crippen MR) is 83.7 cm³/mol. The number of ether oxygens (including phenoxy) is 1. The Morgan fingerprint density at radius 2 is 2.05 bits per heavy atom. The zero-order chi connectivity index (χ0) is 14.7. The van der Waals surface area contributed by atoms with Crippen LogP contribution in [0.4, 0.5) is 0 Å². The summed E-state index contributed by atoms with van der Waals surface area (Å²) in [7, 11) is 1.59. The van der Waals surface area contributed by atoms with Crippen LogP contribution in [0.2, 0.25) is 0 Å². The summed E-state index contributed by atoms with van der Waals surface area (Å²) in [6.07, 6.45) is 0. The highest BCUT2D eigenvalue weighted by molar-refractivity contribution is 7.12. The summed E-state index contributed by atoms with van der Waals surface area (Å²) in [6, 6.07) is 7.72. The molecule has 4 heteroatoms. The minimum atomic E-state index is 0.0867. The molecule has 2 N–H and O–H groups in total. The van der Waals surface area contributed by atoms with Gasteiger partial charge in [0.25, 0.3) is 0 Å². The number of phenolic OH excluding ortho intramolecular Hbond substituents is 1. The molecule has 0 fully saturated rings. The van der Waals surface area contributed by atoms with Crippen molar-refractivity contribution >= 4 is 11.3 Å². The van der Waals surface area contributed by atoms with E-state index >= 15 is 0 Å². The maximum atomic E-state index is 10.0. The Hall–Kier alpha value is -1.52. The van der Waals surface area contributed by atoms with Crippen molar-refractivity contribution < 1.29 is 9.84 Å². The first kappa shape index (κ1) is 14.9. The summed E-state index contributed by atoms with van der Waals surface area (Å²) in [6.45, 7) is 7.14. The van der Waals surface area contributed by atoms with Crippen molar-refractivity contribution in [2.75, 3.05) is 7.11 Å². The van der Waals surface area contributed by atoms with Crippen LogP contribution in [0.3, 0.4) is 0 Å². The molecule has 1 aromatic heterocycles. The second-order valence-electron chi connectivity index (χ2n) is 4.98. The Labute approximate surface area is 124 Å². The van der Waals surface area contributed by atoms with Crippen LogP contribution in [0.15, 0.2) is 24.3 Å². The number of benzene rings is 1. The fourth-order valence-electron chi connectivity index (χ4n) is 2.12. The largest absolute Gasteiger partial charge is 0.507 e. The third-order valence-electron chi connectivity index (χ3n) is 3.50. The molecule has 0 bridgehead atoms. The number of phenols is 1. The van der Waals surface area contributed by atoms with E-state index in [4.69, 9.17) is 4.74 Å². The van der Waals surface area contributed by atoms with Crippen LogP contribution in [-0.4, -0.2) is 12.2 Å². The van der Waals surface area contributed by atoms with Gasteiger partial charge in [0.05, 0.1) is 7.11 Å². The van der Waals surface area contributed by atoms with Gasteiger partial charge in [-0.3, -0.25) is 0 Å². The maximum Gasteiger partial charge on any atom is 0.124 e. The molecule has 0 aliphatic carbocycles. The molecule has 0 aliphatic heterocycles. The average molecular weight is 291 g/mol. The van der Waals surface area contributed by atoms with Crippen molar-refractivity contribution in [1.29, 1.82) is 0 Å². The van der Waals surface area contributed by atoms with Crippen molar-refractivity contribution in [2.45, 2.75) is 33.4 Å². The van der Waals surface area contributed by atoms with Gasteiger partial charge in [0.15, 0.2) is 0 Å². The second-order valence-corrected chi connectivity index (χ2v) is 6.32. The number of rotatable bonds is 5. The molecule has 1 unspecified atom stereocenters. The minimum absolute atomic E-state index is 0.0867. The highest BCUT2D eigenvalue weighted by Crippen LogP contribution is 2.29. The highest BCUT2D eigenvalue weighted by atomic mass is 32.1. The number of hydrogen-bond acceptors (Lipinski definition) is 4. The molecule has 108 valence electrons. The number of aryl methyl sites for hydroxylation is 2. The standard InChI is InChI=1S/C16H21NO2S/c1-10-7-14(20-12(10)3)9-17-11(2)15-6-5-13(19-4)8-16(15)18/h5-8,11,17-18H,9H2,1-4H3. The molecule has 0 saturated heterocycles. The van der Waals surface area contributed by atoms with E-state index in [9.17, 15) is 5.11 Å². The van der Waals surface area contributed by atoms with Gasteiger partial charge in [-0.1, -0.05) is 6.07 Å². The quantitative estimate of drug-likeness (QED) is 0.877. The summed E-state index contributed by atoms with van der Waals surface area (Å²) in [5.74, 6) is 0.936. The molecular weight excluding hydrogens is 270 g/mol. The summed E-state index contributed by atoms with van der Waals surface area (Å²) < 4.78 is 5.10. The molecule has 2 rings (SSSR count). The minimum Gasteiger partial charge on any atom is -0.507 e. The predicted octanol–water partition coefficient (Wildman–Crippen LogP) is 3.93. The highest BCUT2D eigenvalue weighted by Gasteiger charge is 2.11. The first-order chi connectivity index (χ1) is 9.51. The average Bonchev–Trinajstić information content (AvgIpc) is 2.75. The van der Waals surface area contributed by atoms with Gasteiger partial charge in [-0.15, -0.1) is 11.3 Å². The fraction of sp³-hybridized carbons (Fsp3) is 0.375. The molecule has 0 amide bonds. The Kier molecular flexibility index (Phi) is 4.68. The molecule has 3 nitrogen and oxygen atoms in total. The molecule has 0 aliphatic rings. The molecule has 0 spiro atoms. The van der Waals surface area contributed by atoms with Gasteiger partial charge in [0, 0.05) is 34.0 Å². The van der Waals surface area contributed by atoms with Crippen molar-refractivity contribution in [3.8, 4) is 11.5 Å². The van der Waals surface area contributed by atoms with Gasteiger partial charge in [0.2, 0.25) is 0 Å². The monoisotopic (exact) mass is 291 g/mol. The third-order valence-corrected chi connectivity index (χ3v) is 4.66. The van der Waals surface area contributed by atoms with Crippen molar-refractivity contribution in [1.82, 2.24) is 5.32 Å². The van der Waals surface area contributed by atoms with Gasteiger partial charge in [-0.2, -0.15) is 0 Å².